The Balaban J connectivity index is 2.09. The maximum absolute atomic E-state index is 12.7. The van der Waals surface area contributed by atoms with Gasteiger partial charge in [0.15, 0.2) is 0 Å². The van der Waals surface area contributed by atoms with Crippen molar-refractivity contribution in [2.24, 2.45) is 0 Å². The molecular formula is C16H23N5O2S. The lowest BCUT2D eigenvalue weighted by Gasteiger charge is -2.30. The summed E-state index contributed by atoms with van der Waals surface area (Å²) < 4.78 is 0. The Hall–Kier alpha value is -2.06. The normalized spacial score (nSPS) is 12.1. The number of aliphatic hydroxyl groups excluding tert-OH is 1. The Morgan fingerprint density at radius 3 is 2.79 bits per heavy atom. The lowest BCUT2D eigenvalue weighted by atomic mass is 10.1. The van der Waals surface area contributed by atoms with Gasteiger partial charge < -0.3 is 15.7 Å². The number of nitrogens with one attached hydrogen (secondary N) is 1. The zero-order valence-corrected chi connectivity index (χ0v) is 14.7. The van der Waals surface area contributed by atoms with E-state index in [0.29, 0.717) is 18.1 Å². The number of aromatic nitrogens is 3. The van der Waals surface area contributed by atoms with Gasteiger partial charge in [0.2, 0.25) is 17.0 Å². The molecule has 7 nitrogen and oxygen atoms in total. The number of rotatable bonds is 8. The summed E-state index contributed by atoms with van der Waals surface area (Å²) in [5.41, 5.74) is 7.68. The van der Waals surface area contributed by atoms with Gasteiger partial charge in [-0.1, -0.05) is 43.0 Å². The number of H-pyrrole nitrogens is 1. The molecule has 0 spiro atoms. The van der Waals surface area contributed by atoms with Gasteiger partial charge in [0.1, 0.15) is 0 Å². The Morgan fingerprint density at radius 1 is 1.46 bits per heavy atom. The van der Waals surface area contributed by atoms with Crippen molar-refractivity contribution in [3.05, 3.63) is 35.4 Å². The standard InChI is InChI=1S/C16H23N5O2S/c1-3-13(9-22)21(8-12-7-5-4-6-11(12)2)14(23)10-24-16-18-15(17)19-20-16/h4-7,13,22H,3,8-10H2,1-2H3,(H3,17,18,19,20)/t13-/m1/s1. The van der Waals surface area contributed by atoms with Crippen LogP contribution in [0.1, 0.15) is 24.5 Å². The Bertz CT molecular complexity index is 672. The zero-order valence-electron chi connectivity index (χ0n) is 13.9. The molecule has 1 aromatic heterocycles. The molecule has 4 N–H and O–H groups in total. The lowest BCUT2D eigenvalue weighted by Crippen LogP contribution is -2.42. The van der Waals surface area contributed by atoms with Crippen LogP contribution in [0.2, 0.25) is 0 Å². The highest BCUT2D eigenvalue weighted by molar-refractivity contribution is 7.99. The molecule has 0 saturated carbocycles. The predicted octanol–water partition coefficient (Wildman–Crippen LogP) is 1.59. The van der Waals surface area contributed by atoms with E-state index in [2.05, 4.69) is 15.2 Å². The average molecular weight is 349 g/mol. The summed E-state index contributed by atoms with van der Waals surface area (Å²) in [5.74, 6) is 0.357. The third kappa shape index (κ3) is 4.72. The average Bonchev–Trinajstić information content (AvgIpc) is 3.00. The van der Waals surface area contributed by atoms with Crippen LogP contribution in [0.3, 0.4) is 0 Å². The molecule has 0 saturated heterocycles. The zero-order chi connectivity index (χ0) is 17.5. The van der Waals surface area contributed by atoms with Gasteiger partial charge >= 0.3 is 0 Å². The van der Waals surface area contributed by atoms with Crippen LogP contribution in [0.25, 0.3) is 0 Å². The molecule has 8 heteroatoms. The second-order valence-corrected chi connectivity index (χ2v) is 6.43. The predicted molar refractivity (Wildman–Crippen MR) is 94.4 cm³/mol. The number of aromatic amines is 1. The fraction of sp³-hybridized carbons (Fsp3) is 0.438. The van der Waals surface area contributed by atoms with Gasteiger partial charge in [-0.2, -0.15) is 4.98 Å². The Labute approximate surface area is 145 Å². The quantitative estimate of drug-likeness (QED) is 0.625. The number of aliphatic hydroxyl groups is 1. The first-order valence-corrected chi connectivity index (χ1v) is 8.79. The highest BCUT2D eigenvalue weighted by Gasteiger charge is 2.23. The van der Waals surface area contributed by atoms with Gasteiger partial charge in [0.05, 0.1) is 18.4 Å². The van der Waals surface area contributed by atoms with E-state index in [1.807, 2.05) is 38.1 Å². The smallest absolute Gasteiger partial charge is 0.233 e. The van der Waals surface area contributed by atoms with Crippen molar-refractivity contribution in [1.82, 2.24) is 20.1 Å². The van der Waals surface area contributed by atoms with Crippen LogP contribution in [-0.4, -0.2) is 49.5 Å². The highest BCUT2D eigenvalue weighted by Crippen LogP contribution is 2.18. The van der Waals surface area contributed by atoms with E-state index in [4.69, 9.17) is 5.73 Å². The number of nitrogens with zero attached hydrogens (tertiary/aromatic N) is 3. The number of hydrogen-bond acceptors (Lipinski definition) is 6. The van der Waals surface area contributed by atoms with Crippen molar-refractivity contribution in [1.29, 1.82) is 0 Å². The molecule has 2 aromatic rings. The highest BCUT2D eigenvalue weighted by atomic mass is 32.2. The second kappa shape index (κ2) is 8.70. The monoisotopic (exact) mass is 349 g/mol. The van der Waals surface area contributed by atoms with Crippen LogP contribution in [-0.2, 0) is 11.3 Å². The maximum Gasteiger partial charge on any atom is 0.233 e. The summed E-state index contributed by atoms with van der Waals surface area (Å²) >= 11 is 1.22. The van der Waals surface area contributed by atoms with Gasteiger partial charge in [-0.3, -0.25) is 4.79 Å². The lowest BCUT2D eigenvalue weighted by molar-refractivity contribution is -0.132. The number of amides is 1. The molecule has 0 unspecified atom stereocenters. The molecule has 2 rings (SSSR count). The van der Waals surface area contributed by atoms with E-state index in [1.165, 1.54) is 11.8 Å². The number of aryl methyl sites for hydroxylation is 1. The second-order valence-electron chi connectivity index (χ2n) is 5.48. The van der Waals surface area contributed by atoms with Crippen LogP contribution >= 0.6 is 11.8 Å². The SMILES string of the molecule is CC[C@H](CO)N(Cc1ccccc1C)C(=O)CSc1n[nH]c(N)n1. The Kier molecular flexibility index (Phi) is 6.62. The summed E-state index contributed by atoms with van der Waals surface area (Å²) in [6.45, 7) is 4.39. The third-order valence-corrected chi connectivity index (χ3v) is 4.68. The molecule has 0 fully saturated rings. The topological polar surface area (TPSA) is 108 Å². The van der Waals surface area contributed by atoms with Crippen molar-refractivity contribution < 1.29 is 9.90 Å². The molecule has 0 aliphatic carbocycles. The first-order valence-electron chi connectivity index (χ1n) is 7.80. The molecule has 24 heavy (non-hydrogen) atoms. The maximum atomic E-state index is 12.7. The largest absolute Gasteiger partial charge is 0.394 e. The van der Waals surface area contributed by atoms with Crippen molar-refractivity contribution in [2.75, 3.05) is 18.1 Å². The van der Waals surface area contributed by atoms with E-state index in [9.17, 15) is 9.90 Å². The molecule has 0 aliphatic rings. The fourth-order valence-electron chi connectivity index (χ4n) is 2.37. The van der Waals surface area contributed by atoms with Crippen LogP contribution in [0, 0.1) is 6.92 Å². The van der Waals surface area contributed by atoms with Crippen molar-refractivity contribution in [3.8, 4) is 0 Å². The summed E-state index contributed by atoms with van der Waals surface area (Å²) in [6, 6.07) is 7.73. The number of hydrogen-bond donors (Lipinski definition) is 3. The van der Waals surface area contributed by atoms with E-state index in [0.717, 1.165) is 11.1 Å². The molecule has 1 aromatic carbocycles. The Morgan fingerprint density at radius 2 is 2.21 bits per heavy atom. The number of anilines is 1. The summed E-state index contributed by atoms with van der Waals surface area (Å²) in [4.78, 5) is 18.4. The minimum Gasteiger partial charge on any atom is -0.394 e. The van der Waals surface area contributed by atoms with Gasteiger partial charge in [0, 0.05) is 6.54 Å². The molecule has 1 amide bonds. The van der Waals surface area contributed by atoms with Crippen LogP contribution in [0.15, 0.2) is 29.4 Å². The summed E-state index contributed by atoms with van der Waals surface area (Å²) in [7, 11) is 0. The molecular weight excluding hydrogens is 326 g/mol. The van der Waals surface area contributed by atoms with Gasteiger partial charge in [0.25, 0.3) is 0 Å². The van der Waals surface area contributed by atoms with Crippen molar-refractivity contribution >= 4 is 23.6 Å². The number of thioether (sulfide) groups is 1. The fourth-order valence-corrected chi connectivity index (χ4v) is 3.06. The minimum absolute atomic E-state index is 0.0625. The van der Waals surface area contributed by atoms with Crippen LogP contribution in [0.4, 0.5) is 5.95 Å². The first kappa shape index (κ1) is 18.3. The van der Waals surface area contributed by atoms with Gasteiger partial charge in [-0.15, -0.1) is 5.10 Å². The van der Waals surface area contributed by atoms with Gasteiger partial charge in [-0.05, 0) is 24.5 Å². The third-order valence-electron chi connectivity index (χ3n) is 3.85. The molecule has 0 bridgehead atoms. The van der Waals surface area contributed by atoms with E-state index < -0.39 is 0 Å². The van der Waals surface area contributed by atoms with Crippen LogP contribution in [0.5, 0.6) is 0 Å². The number of carbonyl (C=O) groups excluding carboxylic acids is 1. The molecule has 0 radical (unpaired) electrons. The molecule has 130 valence electrons. The van der Waals surface area contributed by atoms with E-state index in [1.54, 1.807) is 4.90 Å². The molecule has 1 atom stereocenters. The van der Waals surface area contributed by atoms with Crippen LogP contribution < -0.4 is 5.73 Å². The van der Waals surface area contributed by atoms with Crippen molar-refractivity contribution in [2.45, 2.75) is 38.0 Å². The first-order chi connectivity index (χ1) is 11.5. The molecule has 1 heterocycles. The minimum atomic E-state index is -0.213. The number of nitrogens with two attached hydrogens (primary N) is 1. The number of nitrogen functional groups attached to an aromatic ring is 1. The summed E-state index contributed by atoms with van der Waals surface area (Å²) in [5, 5.41) is 16.5. The summed E-state index contributed by atoms with van der Waals surface area (Å²) in [6.07, 6.45) is 0.687. The van der Waals surface area contributed by atoms with E-state index in [-0.39, 0.29) is 30.3 Å². The van der Waals surface area contributed by atoms with E-state index >= 15 is 0 Å². The molecule has 0 aliphatic heterocycles. The number of benzene rings is 1. The van der Waals surface area contributed by atoms with Gasteiger partial charge in [-0.25, -0.2) is 5.10 Å². The van der Waals surface area contributed by atoms with Crippen molar-refractivity contribution in [3.63, 3.8) is 0 Å². The number of carbonyl (C=O) groups is 1.